The smallest absolute Gasteiger partial charge is 0.147 e. The predicted molar refractivity (Wildman–Crippen MR) is 45.4 cm³/mol. The maximum atomic E-state index is 12.6. The SMILES string of the molecule is CC(Cl)CC(=O)C(C=O)C(F)CF. The molecule has 5 heteroatoms. The third kappa shape index (κ3) is 4.31. The fourth-order valence-electron chi connectivity index (χ4n) is 0.872. The van der Waals surface area contributed by atoms with Crippen LogP contribution in [0.5, 0.6) is 0 Å². The van der Waals surface area contributed by atoms with Crippen LogP contribution >= 0.6 is 11.6 Å². The molecule has 0 radical (unpaired) electrons. The third-order valence-electron chi connectivity index (χ3n) is 1.54. The maximum absolute atomic E-state index is 12.6. The minimum absolute atomic E-state index is 0.120. The van der Waals surface area contributed by atoms with Gasteiger partial charge in [0.1, 0.15) is 30.8 Å². The van der Waals surface area contributed by atoms with Crippen LogP contribution in [0.4, 0.5) is 8.78 Å². The molecule has 0 saturated carbocycles. The van der Waals surface area contributed by atoms with Gasteiger partial charge in [-0.05, 0) is 6.92 Å². The molecule has 13 heavy (non-hydrogen) atoms. The first kappa shape index (κ1) is 12.5. The molecule has 3 atom stereocenters. The van der Waals surface area contributed by atoms with Crippen molar-refractivity contribution in [2.24, 2.45) is 5.92 Å². The maximum Gasteiger partial charge on any atom is 0.147 e. The van der Waals surface area contributed by atoms with Crippen LogP contribution in [0, 0.1) is 5.92 Å². The summed E-state index contributed by atoms with van der Waals surface area (Å²) in [5, 5.41) is -0.471. The van der Waals surface area contributed by atoms with Crippen molar-refractivity contribution in [1.82, 2.24) is 0 Å². The summed E-state index contributed by atoms with van der Waals surface area (Å²) >= 11 is 5.47. The normalized spacial score (nSPS) is 17.5. The zero-order valence-corrected chi connectivity index (χ0v) is 7.93. The molecule has 2 nitrogen and oxygen atoms in total. The van der Waals surface area contributed by atoms with Crippen molar-refractivity contribution in [2.45, 2.75) is 24.9 Å². The number of Topliss-reactive ketones (excluding diaryl/α,β-unsaturated/α-hetero) is 1. The highest BCUT2D eigenvalue weighted by atomic mass is 35.5. The first-order valence-corrected chi connectivity index (χ1v) is 4.28. The van der Waals surface area contributed by atoms with Crippen LogP contribution in [0.2, 0.25) is 0 Å². The molecule has 0 aliphatic rings. The summed E-state index contributed by atoms with van der Waals surface area (Å²) in [6, 6.07) is 0. The molecule has 76 valence electrons. The molecule has 0 aliphatic heterocycles. The molecule has 0 bridgehead atoms. The number of halogens is 3. The van der Waals surface area contributed by atoms with E-state index in [4.69, 9.17) is 11.6 Å². The number of rotatable bonds is 6. The summed E-state index contributed by atoms with van der Waals surface area (Å²) in [7, 11) is 0. The summed E-state index contributed by atoms with van der Waals surface area (Å²) in [5.74, 6) is -2.16. The predicted octanol–water partition coefficient (Wildman–Crippen LogP) is 1.70. The molecule has 0 saturated heterocycles. The summed E-state index contributed by atoms with van der Waals surface area (Å²) in [6.45, 7) is 0.218. The van der Waals surface area contributed by atoms with Gasteiger partial charge in [-0.3, -0.25) is 4.79 Å². The van der Waals surface area contributed by atoms with E-state index in [0.29, 0.717) is 0 Å². The Balaban J connectivity index is 4.23. The van der Waals surface area contributed by atoms with Crippen molar-refractivity contribution >= 4 is 23.7 Å². The molecule has 0 fully saturated rings. The molecule has 0 rings (SSSR count). The van der Waals surface area contributed by atoms with Gasteiger partial charge >= 0.3 is 0 Å². The van der Waals surface area contributed by atoms with E-state index in [1.807, 2.05) is 0 Å². The van der Waals surface area contributed by atoms with Crippen LogP contribution < -0.4 is 0 Å². The molecule has 0 amide bonds. The van der Waals surface area contributed by atoms with Gasteiger partial charge in [-0.2, -0.15) is 0 Å². The summed E-state index contributed by atoms with van der Waals surface area (Å²) in [5.41, 5.74) is 0. The van der Waals surface area contributed by atoms with Crippen LogP contribution in [0.15, 0.2) is 0 Å². The number of aldehydes is 1. The van der Waals surface area contributed by atoms with Crippen molar-refractivity contribution in [2.75, 3.05) is 6.67 Å². The number of hydrogen-bond acceptors (Lipinski definition) is 2. The Bertz CT molecular complexity index is 185. The van der Waals surface area contributed by atoms with E-state index >= 15 is 0 Å². The van der Waals surface area contributed by atoms with Gasteiger partial charge in [0.25, 0.3) is 0 Å². The monoisotopic (exact) mass is 212 g/mol. The standard InChI is InChI=1S/C8H11ClF2O2/c1-5(9)2-8(13)6(4-12)7(11)3-10/h4-7H,2-3H2,1H3. The van der Waals surface area contributed by atoms with Gasteiger partial charge in [0, 0.05) is 11.8 Å². The molecule has 0 aromatic carbocycles. The topological polar surface area (TPSA) is 34.1 Å². The van der Waals surface area contributed by atoms with E-state index in [0.717, 1.165) is 0 Å². The summed E-state index contributed by atoms with van der Waals surface area (Å²) in [4.78, 5) is 21.3. The Morgan fingerprint density at radius 3 is 2.46 bits per heavy atom. The lowest BCUT2D eigenvalue weighted by atomic mass is 9.97. The average molecular weight is 213 g/mol. The van der Waals surface area contributed by atoms with Gasteiger partial charge in [0.05, 0.1) is 0 Å². The van der Waals surface area contributed by atoms with Crippen LogP contribution in [0.1, 0.15) is 13.3 Å². The summed E-state index contributed by atoms with van der Waals surface area (Å²) < 4.78 is 24.4. The quantitative estimate of drug-likeness (QED) is 0.382. The fourth-order valence-corrected chi connectivity index (χ4v) is 1.02. The van der Waals surface area contributed by atoms with E-state index in [-0.39, 0.29) is 12.7 Å². The van der Waals surface area contributed by atoms with Crippen molar-refractivity contribution in [3.05, 3.63) is 0 Å². The summed E-state index contributed by atoms with van der Waals surface area (Å²) in [6.07, 6.45) is -2.03. The van der Waals surface area contributed by atoms with Crippen molar-refractivity contribution in [3.8, 4) is 0 Å². The third-order valence-corrected chi connectivity index (χ3v) is 1.69. The van der Waals surface area contributed by atoms with Gasteiger partial charge in [0.15, 0.2) is 0 Å². The number of hydrogen-bond donors (Lipinski definition) is 0. The lowest BCUT2D eigenvalue weighted by Gasteiger charge is -2.11. The zero-order chi connectivity index (χ0) is 10.4. The van der Waals surface area contributed by atoms with Crippen molar-refractivity contribution < 1.29 is 18.4 Å². The first-order valence-electron chi connectivity index (χ1n) is 3.85. The van der Waals surface area contributed by atoms with Crippen molar-refractivity contribution in [1.29, 1.82) is 0 Å². The molecule has 0 N–H and O–H groups in total. The first-order chi connectivity index (χ1) is 6.02. The molecule has 0 aliphatic carbocycles. The fraction of sp³-hybridized carbons (Fsp3) is 0.750. The second-order valence-corrected chi connectivity index (χ2v) is 3.53. The zero-order valence-electron chi connectivity index (χ0n) is 7.17. The van der Waals surface area contributed by atoms with E-state index in [1.54, 1.807) is 6.92 Å². The Labute approximate surface area is 80.3 Å². The van der Waals surface area contributed by atoms with Crippen LogP contribution in [-0.4, -0.2) is 30.3 Å². The van der Waals surface area contributed by atoms with Gasteiger partial charge in [-0.25, -0.2) is 8.78 Å². The number of ketones is 1. The number of carbonyl (C=O) groups excluding carboxylic acids is 2. The minimum atomic E-state index is -2.04. The van der Waals surface area contributed by atoms with Gasteiger partial charge in [-0.15, -0.1) is 11.6 Å². The van der Waals surface area contributed by atoms with E-state index in [1.165, 1.54) is 0 Å². The second-order valence-electron chi connectivity index (χ2n) is 2.78. The highest BCUT2D eigenvalue weighted by Gasteiger charge is 2.28. The van der Waals surface area contributed by atoms with Crippen molar-refractivity contribution in [3.63, 3.8) is 0 Å². The Kier molecular flexibility index (Phi) is 5.79. The Morgan fingerprint density at radius 2 is 2.15 bits per heavy atom. The molecular formula is C8H11ClF2O2. The van der Waals surface area contributed by atoms with Crippen LogP contribution in [0.3, 0.4) is 0 Å². The number of alkyl halides is 3. The molecule has 0 aromatic heterocycles. The highest BCUT2D eigenvalue weighted by Crippen LogP contribution is 2.13. The largest absolute Gasteiger partial charge is 0.302 e. The van der Waals surface area contributed by atoms with E-state index in [2.05, 4.69) is 0 Å². The Hall–Kier alpha value is -0.510. The molecule has 3 unspecified atom stereocenters. The van der Waals surface area contributed by atoms with Gasteiger partial charge in [0.2, 0.25) is 0 Å². The Morgan fingerprint density at radius 1 is 1.62 bits per heavy atom. The lowest BCUT2D eigenvalue weighted by Crippen LogP contribution is -2.29. The second kappa shape index (κ2) is 6.02. The highest BCUT2D eigenvalue weighted by molar-refractivity contribution is 6.21. The average Bonchev–Trinajstić information content (AvgIpc) is 2.03. The lowest BCUT2D eigenvalue weighted by molar-refractivity contribution is -0.130. The van der Waals surface area contributed by atoms with E-state index in [9.17, 15) is 18.4 Å². The number of carbonyl (C=O) groups is 2. The van der Waals surface area contributed by atoms with E-state index < -0.39 is 29.9 Å². The van der Waals surface area contributed by atoms with Crippen LogP contribution in [0.25, 0.3) is 0 Å². The van der Waals surface area contributed by atoms with Gasteiger partial charge < -0.3 is 4.79 Å². The van der Waals surface area contributed by atoms with Crippen LogP contribution in [-0.2, 0) is 9.59 Å². The molecule has 0 aromatic rings. The molecule has 0 heterocycles. The molecule has 0 spiro atoms. The van der Waals surface area contributed by atoms with Gasteiger partial charge in [-0.1, -0.05) is 0 Å². The minimum Gasteiger partial charge on any atom is -0.302 e. The molecular weight excluding hydrogens is 202 g/mol.